The highest BCUT2D eigenvalue weighted by Gasteiger charge is 2.32. The van der Waals surface area contributed by atoms with E-state index in [1.807, 2.05) is 4.68 Å². The zero-order chi connectivity index (χ0) is 13.3. The van der Waals surface area contributed by atoms with E-state index in [0.717, 1.165) is 12.2 Å². The first-order valence-corrected chi connectivity index (χ1v) is 7.29. The van der Waals surface area contributed by atoms with Crippen LogP contribution < -0.4 is 5.73 Å². The molecule has 2 rings (SSSR count). The van der Waals surface area contributed by atoms with Crippen molar-refractivity contribution in [3.63, 3.8) is 0 Å². The Bertz CT molecular complexity index is 401. The van der Waals surface area contributed by atoms with Gasteiger partial charge in [0.05, 0.1) is 23.0 Å². The third-order valence-corrected chi connectivity index (χ3v) is 4.63. The Morgan fingerprint density at radius 1 is 1.50 bits per heavy atom. The summed E-state index contributed by atoms with van der Waals surface area (Å²) in [5.41, 5.74) is 7.93. The molecule has 3 nitrogen and oxygen atoms in total. The topological polar surface area (TPSA) is 43.8 Å². The number of aromatic nitrogens is 2. The molecular formula is C14H24ClN3. The van der Waals surface area contributed by atoms with Crippen molar-refractivity contribution in [1.82, 2.24) is 9.78 Å². The van der Waals surface area contributed by atoms with Crippen LogP contribution in [-0.2, 0) is 6.54 Å². The second kappa shape index (κ2) is 5.22. The van der Waals surface area contributed by atoms with E-state index in [9.17, 15) is 0 Å². The molecule has 0 amide bonds. The van der Waals surface area contributed by atoms with E-state index in [-0.39, 0.29) is 6.04 Å². The molecule has 1 atom stereocenters. The first-order valence-electron chi connectivity index (χ1n) is 6.91. The summed E-state index contributed by atoms with van der Waals surface area (Å²) >= 11 is 6.23. The summed E-state index contributed by atoms with van der Waals surface area (Å²) in [6.45, 7) is 7.59. The fourth-order valence-electron chi connectivity index (χ4n) is 2.96. The lowest BCUT2D eigenvalue weighted by Gasteiger charge is -2.37. The monoisotopic (exact) mass is 269 g/mol. The maximum absolute atomic E-state index is 6.43. The fourth-order valence-corrected chi connectivity index (χ4v) is 3.23. The van der Waals surface area contributed by atoms with Crippen LogP contribution in [0.5, 0.6) is 0 Å². The van der Waals surface area contributed by atoms with Gasteiger partial charge in [-0.15, -0.1) is 0 Å². The van der Waals surface area contributed by atoms with Crippen molar-refractivity contribution in [2.24, 2.45) is 17.1 Å². The van der Waals surface area contributed by atoms with Gasteiger partial charge in [0, 0.05) is 6.54 Å². The number of aryl methyl sites for hydroxylation is 1. The molecule has 1 aliphatic carbocycles. The van der Waals surface area contributed by atoms with Crippen LogP contribution in [0.4, 0.5) is 0 Å². The van der Waals surface area contributed by atoms with Crippen molar-refractivity contribution < 1.29 is 0 Å². The molecule has 0 saturated heterocycles. The van der Waals surface area contributed by atoms with Crippen LogP contribution in [-0.4, -0.2) is 9.78 Å². The molecule has 0 bridgehead atoms. The van der Waals surface area contributed by atoms with Gasteiger partial charge in [-0.2, -0.15) is 5.10 Å². The van der Waals surface area contributed by atoms with Gasteiger partial charge in [-0.3, -0.25) is 4.68 Å². The Labute approximate surface area is 115 Å². The first kappa shape index (κ1) is 13.9. The van der Waals surface area contributed by atoms with Gasteiger partial charge in [-0.05, 0) is 43.9 Å². The predicted molar refractivity (Wildman–Crippen MR) is 75.6 cm³/mol. The largest absolute Gasteiger partial charge is 0.322 e. The minimum Gasteiger partial charge on any atom is -0.322 e. The van der Waals surface area contributed by atoms with E-state index in [2.05, 4.69) is 25.9 Å². The van der Waals surface area contributed by atoms with Gasteiger partial charge in [-0.25, -0.2) is 0 Å². The number of nitrogens with two attached hydrogens (primary N) is 1. The van der Waals surface area contributed by atoms with Gasteiger partial charge in [0.1, 0.15) is 0 Å². The number of halogens is 1. The lowest BCUT2D eigenvalue weighted by Crippen LogP contribution is -2.30. The van der Waals surface area contributed by atoms with E-state index >= 15 is 0 Å². The summed E-state index contributed by atoms with van der Waals surface area (Å²) in [5.74, 6) is 0.539. The summed E-state index contributed by atoms with van der Waals surface area (Å²) in [4.78, 5) is 0. The van der Waals surface area contributed by atoms with Crippen LogP contribution in [0.15, 0.2) is 6.20 Å². The highest BCUT2D eigenvalue weighted by atomic mass is 35.5. The van der Waals surface area contributed by atoms with Crippen LogP contribution in [0.3, 0.4) is 0 Å². The second-order valence-corrected chi connectivity index (χ2v) is 6.63. The molecule has 0 aliphatic heterocycles. The van der Waals surface area contributed by atoms with E-state index in [0.29, 0.717) is 16.4 Å². The molecule has 0 aromatic carbocycles. The van der Waals surface area contributed by atoms with Crippen molar-refractivity contribution in [3.05, 3.63) is 16.9 Å². The fraction of sp³-hybridized carbons (Fsp3) is 0.786. The lowest BCUT2D eigenvalue weighted by molar-refractivity contribution is 0.171. The van der Waals surface area contributed by atoms with Crippen molar-refractivity contribution in [2.75, 3.05) is 0 Å². The minimum absolute atomic E-state index is 0.0241. The predicted octanol–water partition coefficient (Wildman–Crippen LogP) is 3.77. The van der Waals surface area contributed by atoms with Gasteiger partial charge in [-0.1, -0.05) is 25.4 Å². The molecule has 1 aromatic rings. The normalized spacial score (nSPS) is 22.1. The highest BCUT2D eigenvalue weighted by Crippen LogP contribution is 2.42. The third kappa shape index (κ3) is 2.72. The third-order valence-electron chi connectivity index (χ3n) is 4.34. The Balaban J connectivity index is 2.12. The SMILES string of the molecule is CCn1ncc(Cl)c1C(N)C1CCC(C)(C)CC1. The van der Waals surface area contributed by atoms with Crippen LogP contribution in [0.2, 0.25) is 5.02 Å². The summed E-state index contributed by atoms with van der Waals surface area (Å²) < 4.78 is 1.94. The van der Waals surface area contributed by atoms with Gasteiger partial charge >= 0.3 is 0 Å². The highest BCUT2D eigenvalue weighted by molar-refractivity contribution is 6.31. The quantitative estimate of drug-likeness (QED) is 0.908. The van der Waals surface area contributed by atoms with Crippen LogP contribution in [0.25, 0.3) is 0 Å². The number of nitrogens with zero attached hydrogens (tertiary/aromatic N) is 2. The molecule has 18 heavy (non-hydrogen) atoms. The smallest absolute Gasteiger partial charge is 0.0834 e. The van der Waals surface area contributed by atoms with Crippen LogP contribution in [0.1, 0.15) is 58.2 Å². The molecule has 102 valence electrons. The molecule has 1 heterocycles. The molecule has 0 radical (unpaired) electrons. The summed E-state index contributed by atoms with van der Waals surface area (Å²) in [7, 11) is 0. The standard InChI is InChI=1S/C14H24ClN3/c1-4-18-13(11(15)9-17-18)12(16)10-5-7-14(2,3)8-6-10/h9-10,12H,4-8,16H2,1-3H3. The van der Waals surface area contributed by atoms with Crippen LogP contribution in [0, 0.1) is 11.3 Å². The van der Waals surface area contributed by atoms with E-state index in [1.165, 1.54) is 25.7 Å². The van der Waals surface area contributed by atoms with Crippen molar-refractivity contribution in [1.29, 1.82) is 0 Å². The summed E-state index contributed by atoms with van der Waals surface area (Å²) in [6, 6.07) is 0.0241. The van der Waals surface area contributed by atoms with Gasteiger partial charge in [0.15, 0.2) is 0 Å². The molecule has 1 fully saturated rings. The minimum atomic E-state index is 0.0241. The van der Waals surface area contributed by atoms with Crippen molar-refractivity contribution in [3.8, 4) is 0 Å². The molecule has 0 spiro atoms. The maximum Gasteiger partial charge on any atom is 0.0834 e. The van der Waals surface area contributed by atoms with Gasteiger partial charge in [0.2, 0.25) is 0 Å². The molecule has 1 saturated carbocycles. The van der Waals surface area contributed by atoms with Gasteiger partial charge in [0.25, 0.3) is 0 Å². The average molecular weight is 270 g/mol. The van der Waals surface area contributed by atoms with Crippen molar-refractivity contribution in [2.45, 2.75) is 59.0 Å². The van der Waals surface area contributed by atoms with E-state index in [1.54, 1.807) is 6.20 Å². The Morgan fingerprint density at radius 2 is 2.11 bits per heavy atom. The number of hydrogen-bond donors (Lipinski definition) is 1. The Morgan fingerprint density at radius 3 is 2.67 bits per heavy atom. The van der Waals surface area contributed by atoms with E-state index < -0.39 is 0 Å². The summed E-state index contributed by atoms with van der Waals surface area (Å²) in [5, 5.41) is 5.00. The zero-order valence-corrected chi connectivity index (χ0v) is 12.4. The molecular weight excluding hydrogens is 246 g/mol. The number of rotatable bonds is 3. The van der Waals surface area contributed by atoms with Crippen molar-refractivity contribution >= 4 is 11.6 Å². The van der Waals surface area contributed by atoms with E-state index in [4.69, 9.17) is 17.3 Å². The average Bonchev–Trinajstić information content (AvgIpc) is 2.69. The molecule has 4 heteroatoms. The zero-order valence-electron chi connectivity index (χ0n) is 11.6. The number of hydrogen-bond acceptors (Lipinski definition) is 2. The maximum atomic E-state index is 6.43. The Kier molecular flexibility index (Phi) is 4.02. The second-order valence-electron chi connectivity index (χ2n) is 6.22. The molecule has 1 aliphatic rings. The Hall–Kier alpha value is -0.540. The lowest BCUT2D eigenvalue weighted by atomic mass is 9.71. The molecule has 1 aromatic heterocycles. The first-order chi connectivity index (χ1) is 8.44. The van der Waals surface area contributed by atoms with Crippen LogP contribution >= 0.6 is 11.6 Å². The molecule has 1 unspecified atom stereocenters. The summed E-state index contributed by atoms with van der Waals surface area (Å²) in [6.07, 6.45) is 6.61. The van der Waals surface area contributed by atoms with Gasteiger partial charge < -0.3 is 5.73 Å². The molecule has 2 N–H and O–H groups in total.